The number of para-hydroxylation sites is 1. The Labute approximate surface area is 211 Å². The number of amides is 1. The number of carbonyl (C=O) groups excluding carboxylic acids is 2. The fourth-order valence-electron chi connectivity index (χ4n) is 4.78. The highest BCUT2D eigenvalue weighted by Crippen LogP contribution is 2.27. The number of aryl methyl sites for hydroxylation is 1. The summed E-state index contributed by atoms with van der Waals surface area (Å²) < 4.78 is 6.95. The molecular weight excluding hydrogens is 452 g/mol. The van der Waals surface area contributed by atoms with Gasteiger partial charge >= 0.3 is 5.97 Å². The number of piperazine rings is 1. The van der Waals surface area contributed by atoms with Crippen molar-refractivity contribution in [3.63, 3.8) is 0 Å². The molecule has 0 spiro atoms. The number of rotatable bonds is 5. The van der Waals surface area contributed by atoms with Crippen LogP contribution in [0.25, 0.3) is 11.8 Å². The van der Waals surface area contributed by atoms with Gasteiger partial charge in [0.1, 0.15) is 11.6 Å². The molecule has 0 aliphatic carbocycles. The number of ether oxygens (including phenoxy) is 1. The minimum Gasteiger partial charge on any atom is -0.465 e. The van der Waals surface area contributed by atoms with Crippen molar-refractivity contribution < 1.29 is 14.3 Å². The molecule has 2 aromatic carbocycles. The molecule has 0 radical (unpaired) electrons. The summed E-state index contributed by atoms with van der Waals surface area (Å²) in [5.74, 6) is -0.638. The minimum absolute atomic E-state index is 0.114. The van der Waals surface area contributed by atoms with E-state index in [1.807, 2.05) is 61.7 Å². The number of aromatic nitrogens is 1. The molecule has 7 nitrogen and oxygen atoms in total. The van der Waals surface area contributed by atoms with Crippen molar-refractivity contribution >= 4 is 23.6 Å². The van der Waals surface area contributed by atoms with Gasteiger partial charge in [0.05, 0.1) is 12.7 Å². The van der Waals surface area contributed by atoms with E-state index in [-0.39, 0.29) is 17.4 Å². The zero-order valence-corrected chi connectivity index (χ0v) is 21.1. The molecular formula is C29H30N4O3. The maximum absolute atomic E-state index is 13.2. The molecule has 0 N–H and O–H groups in total. The van der Waals surface area contributed by atoms with Crippen LogP contribution in [-0.2, 0) is 9.53 Å². The van der Waals surface area contributed by atoms with E-state index in [2.05, 4.69) is 23.1 Å². The third kappa shape index (κ3) is 4.76. The van der Waals surface area contributed by atoms with Crippen molar-refractivity contribution in [1.82, 2.24) is 9.47 Å². The van der Waals surface area contributed by atoms with Crippen molar-refractivity contribution in [1.29, 1.82) is 5.26 Å². The molecule has 1 fully saturated rings. The Morgan fingerprint density at radius 2 is 1.67 bits per heavy atom. The predicted molar refractivity (Wildman–Crippen MR) is 140 cm³/mol. The average Bonchev–Trinajstić information content (AvgIpc) is 3.19. The van der Waals surface area contributed by atoms with Crippen LogP contribution in [0.2, 0.25) is 0 Å². The number of hydrogen-bond acceptors (Lipinski definition) is 5. The van der Waals surface area contributed by atoms with Crippen LogP contribution in [0, 0.1) is 32.1 Å². The standard InChI is InChI=1S/C29H30N4O3/c1-20-17-23(22(3)33(20)27-12-8-11-26(21(27)2)29(35)36-4)18-24(19-30)28(34)32-15-13-31(14-16-32)25-9-6-5-7-10-25/h5-12,17-18H,13-16H2,1-4H3. The van der Waals surface area contributed by atoms with Crippen molar-refractivity contribution in [2.45, 2.75) is 20.8 Å². The van der Waals surface area contributed by atoms with Crippen molar-refractivity contribution in [3.05, 3.63) is 88.2 Å². The van der Waals surface area contributed by atoms with Gasteiger partial charge in [-0.25, -0.2) is 4.79 Å². The zero-order valence-electron chi connectivity index (χ0n) is 21.1. The lowest BCUT2D eigenvalue weighted by atomic mass is 10.1. The Balaban J connectivity index is 1.58. The lowest BCUT2D eigenvalue weighted by molar-refractivity contribution is -0.126. The van der Waals surface area contributed by atoms with Crippen LogP contribution in [-0.4, -0.2) is 54.6 Å². The monoisotopic (exact) mass is 482 g/mol. The van der Waals surface area contributed by atoms with Crippen LogP contribution in [0.4, 0.5) is 5.69 Å². The van der Waals surface area contributed by atoms with Gasteiger partial charge in [0.2, 0.25) is 0 Å². The molecule has 1 aliphatic rings. The second-order valence-corrected chi connectivity index (χ2v) is 8.89. The van der Waals surface area contributed by atoms with E-state index in [1.54, 1.807) is 17.0 Å². The zero-order chi connectivity index (χ0) is 25.8. The van der Waals surface area contributed by atoms with Crippen LogP contribution < -0.4 is 4.90 Å². The number of nitriles is 1. The second-order valence-electron chi connectivity index (χ2n) is 8.89. The number of hydrogen-bond donors (Lipinski definition) is 0. The number of nitrogens with zero attached hydrogens (tertiary/aromatic N) is 4. The number of anilines is 1. The third-order valence-electron chi connectivity index (χ3n) is 6.76. The summed E-state index contributed by atoms with van der Waals surface area (Å²) in [6.07, 6.45) is 1.67. The van der Waals surface area contributed by atoms with Gasteiger partial charge in [-0.2, -0.15) is 5.26 Å². The first-order valence-electron chi connectivity index (χ1n) is 11.9. The van der Waals surface area contributed by atoms with Crippen molar-refractivity contribution in [3.8, 4) is 11.8 Å². The molecule has 1 saturated heterocycles. The maximum atomic E-state index is 13.2. The Hall–Kier alpha value is -4.31. The first-order valence-corrected chi connectivity index (χ1v) is 11.9. The van der Waals surface area contributed by atoms with E-state index in [4.69, 9.17) is 4.74 Å². The van der Waals surface area contributed by atoms with Crippen LogP contribution in [0.5, 0.6) is 0 Å². The van der Waals surface area contributed by atoms with Crippen LogP contribution in [0.15, 0.2) is 60.2 Å². The number of carbonyl (C=O) groups is 2. The molecule has 184 valence electrons. The molecule has 7 heteroatoms. The molecule has 36 heavy (non-hydrogen) atoms. The molecule has 3 aromatic rings. The fourth-order valence-corrected chi connectivity index (χ4v) is 4.78. The molecule has 2 heterocycles. The number of benzene rings is 2. The van der Waals surface area contributed by atoms with Gasteiger partial charge in [0.25, 0.3) is 5.91 Å². The highest BCUT2D eigenvalue weighted by molar-refractivity contribution is 6.02. The molecule has 1 amide bonds. The Bertz CT molecular complexity index is 1360. The molecule has 1 aromatic heterocycles. The van der Waals surface area contributed by atoms with Crippen molar-refractivity contribution in [2.24, 2.45) is 0 Å². The number of methoxy groups -OCH3 is 1. The summed E-state index contributed by atoms with van der Waals surface area (Å²) in [5, 5.41) is 9.84. The summed E-state index contributed by atoms with van der Waals surface area (Å²) in [7, 11) is 1.37. The van der Waals surface area contributed by atoms with Gasteiger partial charge in [0.15, 0.2) is 0 Å². The Kier molecular flexibility index (Phi) is 7.25. The highest BCUT2D eigenvalue weighted by atomic mass is 16.5. The molecule has 0 bridgehead atoms. The summed E-state index contributed by atoms with van der Waals surface area (Å²) in [4.78, 5) is 29.4. The smallest absolute Gasteiger partial charge is 0.338 e. The van der Waals surface area contributed by atoms with Gasteiger partial charge < -0.3 is 19.1 Å². The first kappa shape index (κ1) is 24.8. The third-order valence-corrected chi connectivity index (χ3v) is 6.76. The first-order chi connectivity index (χ1) is 17.3. The van der Waals surface area contributed by atoms with Gasteiger partial charge in [0, 0.05) is 48.9 Å². The van der Waals surface area contributed by atoms with Gasteiger partial charge in [-0.15, -0.1) is 0 Å². The van der Waals surface area contributed by atoms with E-state index >= 15 is 0 Å². The van der Waals surface area contributed by atoms with E-state index in [1.165, 1.54) is 7.11 Å². The quantitative estimate of drug-likeness (QED) is 0.305. The van der Waals surface area contributed by atoms with Crippen LogP contribution in [0.3, 0.4) is 0 Å². The van der Waals surface area contributed by atoms with E-state index in [0.717, 1.165) is 47.0 Å². The van der Waals surface area contributed by atoms with Crippen LogP contribution >= 0.6 is 0 Å². The largest absolute Gasteiger partial charge is 0.465 e. The Morgan fingerprint density at radius 3 is 2.31 bits per heavy atom. The average molecular weight is 483 g/mol. The summed E-state index contributed by atoms with van der Waals surface area (Å²) in [6, 6.07) is 19.7. The topological polar surface area (TPSA) is 78.6 Å². The van der Waals surface area contributed by atoms with Gasteiger partial charge in [-0.3, -0.25) is 4.79 Å². The van der Waals surface area contributed by atoms with Crippen LogP contribution in [0.1, 0.15) is 32.9 Å². The molecule has 0 unspecified atom stereocenters. The normalized spacial score (nSPS) is 13.9. The number of esters is 1. The fraction of sp³-hybridized carbons (Fsp3) is 0.276. The second kappa shape index (κ2) is 10.5. The summed E-state index contributed by atoms with van der Waals surface area (Å²) >= 11 is 0. The molecule has 0 atom stereocenters. The molecule has 1 aliphatic heterocycles. The van der Waals surface area contributed by atoms with E-state index in [9.17, 15) is 14.9 Å². The maximum Gasteiger partial charge on any atom is 0.338 e. The molecule has 0 saturated carbocycles. The van der Waals surface area contributed by atoms with E-state index in [0.29, 0.717) is 18.7 Å². The van der Waals surface area contributed by atoms with E-state index < -0.39 is 0 Å². The summed E-state index contributed by atoms with van der Waals surface area (Å²) in [6.45, 7) is 8.36. The predicted octanol–water partition coefficient (Wildman–Crippen LogP) is 4.44. The lowest BCUT2D eigenvalue weighted by Gasteiger charge is -2.36. The van der Waals surface area contributed by atoms with Crippen molar-refractivity contribution in [2.75, 3.05) is 38.2 Å². The molecule has 4 rings (SSSR count). The summed E-state index contributed by atoms with van der Waals surface area (Å²) in [5.41, 5.74) is 6.02. The lowest BCUT2D eigenvalue weighted by Crippen LogP contribution is -2.49. The highest BCUT2D eigenvalue weighted by Gasteiger charge is 2.24. The SMILES string of the molecule is COC(=O)c1cccc(-n2c(C)cc(C=C(C#N)C(=O)N3CCN(c4ccccc4)CC3)c2C)c1C. The van der Waals surface area contributed by atoms with Gasteiger partial charge in [-0.1, -0.05) is 24.3 Å². The van der Waals surface area contributed by atoms with Gasteiger partial charge in [-0.05, 0) is 68.3 Å². The Morgan fingerprint density at radius 1 is 0.972 bits per heavy atom. The minimum atomic E-state index is -0.387.